The first-order chi connectivity index (χ1) is 36.0. The third-order valence-corrected chi connectivity index (χ3v) is 14.4. The monoisotopic (exact) mass is 1120 g/mol. The molecule has 3 N–H and O–H groups in total. The van der Waals surface area contributed by atoms with Crippen LogP contribution in [0, 0.1) is 0 Å². The van der Waals surface area contributed by atoms with Crippen LogP contribution in [0.1, 0.15) is 156 Å². The average molecular weight is 1120 g/mol. The summed E-state index contributed by atoms with van der Waals surface area (Å²) in [5, 5.41) is 10.3. The number of nitrogen functional groups attached to an aromatic ring is 1. The number of unbranched alkanes of at least 4 members (excludes halogenated alkanes) is 13. The van der Waals surface area contributed by atoms with Gasteiger partial charge >= 0.3 is 39.2 Å². The van der Waals surface area contributed by atoms with Crippen molar-refractivity contribution >= 4 is 33.4 Å². The number of phosphoric ester groups is 2. The fraction of sp³-hybridized carbons (Fsp3) is 0.878. The fourth-order valence-electron chi connectivity index (χ4n) is 7.22. The van der Waals surface area contributed by atoms with E-state index < -0.39 is 109 Å². The number of halogens is 2. The van der Waals surface area contributed by atoms with Crippen LogP contribution in [0.4, 0.5) is 14.6 Å². The van der Waals surface area contributed by atoms with Gasteiger partial charge in [-0.05, 0) is 31.7 Å². The van der Waals surface area contributed by atoms with Crippen LogP contribution < -0.4 is 11.4 Å². The molecule has 1 aromatic heterocycles. The first kappa shape index (κ1) is 68.6. The van der Waals surface area contributed by atoms with E-state index >= 15 is 8.78 Å². The van der Waals surface area contributed by atoms with Gasteiger partial charge in [-0.2, -0.15) is 13.8 Å². The van der Waals surface area contributed by atoms with Crippen LogP contribution in [-0.4, -0.2) is 150 Å². The summed E-state index contributed by atoms with van der Waals surface area (Å²) in [6, 6.07) is 1.09. The SMILES string of the molecule is CCCCCCCOCC(COP(=O)(OC)OCC(COP(=O)(OC)OCC(COCCCCCC)OCCCCCC)OC(=O)CCC(=O)OC[C@H]1O[C@@H](n2ccc(N)nc2=O)C(F)(F)[C@@H]1O)OCCCCCC. The van der Waals surface area contributed by atoms with E-state index in [4.69, 9.17) is 66.0 Å². The molecule has 1 aliphatic heterocycles. The van der Waals surface area contributed by atoms with Gasteiger partial charge in [0.2, 0.25) is 6.23 Å². The van der Waals surface area contributed by atoms with E-state index in [1.165, 1.54) is 0 Å². The number of carbonyl (C=O) groups excluding carboxylic acids is 2. The highest BCUT2D eigenvalue weighted by Crippen LogP contribution is 2.51. The normalized spacial score (nSPS) is 19.3. The van der Waals surface area contributed by atoms with Gasteiger partial charge in [-0.1, -0.05) is 111 Å². The minimum absolute atomic E-state index is 0.145. The van der Waals surface area contributed by atoms with E-state index in [-0.39, 0.29) is 32.2 Å². The number of hydrogen-bond donors (Lipinski definition) is 2. The van der Waals surface area contributed by atoms with E-state index in [0.29, 0.717) is 31.0 Å². The molecule has 0 bridgehead atoms. The summed E-state index contributed by atoms with van der Waals surface area (Å²) >= 11 is 0. The molecule has 8 atom stereocenters. The van der Waals surface area contributed by atoms with Gasteiger partial charge in [0.05, 0.1) is 52.5 Å². The van der Waals surface area contributed by atoms with E-state index in [1.54, 1.807) is 0 Å². The number of aliphatic hydroxyl groups excluding tert-OH is 1. The van der Waals surface area contributed by atoms with Gasteiger partial charge in [0, 0.05) is 46.8 Å². The number of esters is 2. The van der Waals surface area contributed by atoms with Crippen molar-refractivity contribution in [1.29, 1.82) is 0 Å². The highest BCUT2D eigenvalue weighted by Gasteiger charge is 2.60. The lowest BCUT2D eigenvalue weighted by atomic mass is 10.1. The van der Waals surface area contributed by atoms with Crippen molar-refractivity contribution in [2.75, 3.05) is 92.6 Å². The summed E-state index contributed by atoms with van der Waals surface area (Å²) < 4.78 is 131. The second-order valence-corrected chi connectivity index (χ2v) is 21.7. The minimum Gasteiger partial charge on any atom is -0.463 e. The largest absolute Gasteiger partial charge is 0.474 e. The molecule has 0 spiro atoms. The molecule has 0 aromatic carbocycles. The first-order valence-electron chi connectivity index (χ1n) is 26.7. The highest BCUT2D eigenvalue weighted by atomic mass is 31.2. The Kier molecular flexibility index (Phi) is 36.4. The average Bonchev–Trinajstić information content (AvgIpc) is 3.62. The molecule has 0 amide bonds. The van der Waals surface area contributed by atoms with Crippen molar-refractivity contribution in [2.45, 2.75) is 192 Å². The van der Waals surface area contributed by atoms with Crippen LogP contribution in [0.2, 0.25) is 0 Å². The number of nitrogens with zero attached hydrogens (tertiary/aromatic N) is 2. The molecule has 22 nitrogen and oxygen atoms in total. The van der Waals surface area contributed by atoms with Gasteiger partial charge in [-0.25, -0.2) is 13.9 Å². The topological polar surface area (TPSA) is 269 Å². The lowest BCUT2D eigenvalue weighted by molar-refractivity contribution is -0.158. The van der Waals surface area contributed by atoms with E-state index in [1.807, 2.05) is 0 Å². The molecule has 26 heteroatoms. The summed E-state index contributed by atoms with van der Waals surface area (Å²) in [6.45, 7) is 7.71. The van der Waals surface area contributed by atoms with Crippen molar-refractivity contribution in [3.05, 3.63) is 22.7 Å². The molecule has 0 radical (unpaired) electrons. The van der Waals surface area contributed by atoms with Crippen molar-refractivity contribution < 1.29 is 92.9 Å². The Hall–Kier alpha value is -2.54. The van der Waals surface area contributed by atoms with Crippen molar-refractivity contribution in [3.8, 4) is 0 Å². The zero-order valence-electron chi connectivity index (χ0n) is 45.2. The molecule has 0 saturated carbocycles. The van der Waals surface area contributed by atoms with Crippen LogP contribution in [0.3, 0.4) is 0 Å². The number of aromatic nitrogens is 2. The molecule has 1 fully saturated rings. The van der Waals surface area contributed by atoms with Gasteiger partial charge in [-0.15, -0.1) is 0 Å². The second kappa shape index (κ2) is 39.8. The summed E-state index contributed by atoms with van der Waals surface area (Å²) in [7, 11) is -6.66. The quantitative estimate of drug-likeness (QED) is 0.0350. The lowest BCUT2D eigenvalue weighted by Gasteiger charge is -2.25. The van der Waals surface area contributed by atoms with Crippen LogP contribution in [-0.2, 0) is 79.0 Å². The lowest BCUT2D eigenvalue weighted by Crippen LogP contribution is -2.42. The van der Waals surface area contributed by atoms with E-state index in [0.717, 1.165) is 136 Å². The molecule has 1 aliphatic rings. The Labute approximate surface area is 442 Å². The van der Waals surface area contributed by atoms with Gasteiger partial charge in [-0.3, -0.25) is 41.3 Å². The molecule has 75 heavy (non-hydrogen) atoms. The number of alkyl halides is 2. The van der Waals surface area contributed by atoms with E-state index in [2.05, 4.69) is 32.7 Å². The number of nitrogens with two attached hydrogens (primary N) is 1. The highest BCUT2D eigenvalue weighted by molar-refractivity contribution is 7.48. The zero-order valence-corrected chi connectivity index (χ0v) is 47.0. The fourth-order valence-corrected chi connectivity index (χ4v) is 9.19. The van der Waals surface area contributed by atoms with Crippen LogP contribution in [0.15, 0.2) is 17.1 Å². The molecule has 5 unspecified atom stereocenters. The second-order valence-electron chi connectivity index (χ2n) is 18.2. The number of carbonyl (C=O) groups is 2. The molecular formula is C49H89F2N3O19P2. The maximum absolute atomic E-state index is 15.0. The molecule has 1 aromatic rings. The first-order valence-corrected chi connectivity index (χ1v) is 29.6. The van der Waals surface area contributed by atoms with Gasteiger partial charge in [0.25, 0.3) is 0 Å². The number of ether oxygens (including phenoxy) is 7. The number of anilines is 1. The molecule has 2 rings (SSSR count). The molecule has 1 saturated heterocycles. The van der Waals surface area contributed by atoms with Crippen LogP contribution >= 0.6 is 15.6 Å². The summed E-state index contributed by atoms with van der Waals surface area (Å²) in [5.41, 5.74) is 4.29. The Morgan fingerprint density at radius 1 is 0.680 bits per heavy atom. The predicted octanol–water partition coefficient (Wildman–Crippen LogP) is 9.04. The predicted molar refractivity (Wildman–Crippen MR) is 273 cm³/mol. The third kappa shape index (κ3) is 28.8. The van der Waals surface area contributed by atoms with Crippen molar-refractivity contribution in [2.24, 2.45) is 0 Å². The van der Waals surface area contributed by atoms with Crippen molar-refractivity contribution in [3.63, 3.8) is 0 Å². The Morgan fingerprint density at radius 2 is 1.11 bits per heavy atom. The number of hydrogen-bond acceptors (Lipinski definition) is 21. The van der Waals surface area contributed by atoms with Crippen molar-refractivity contribution in [1.82, 2.24) is 9.55 Å². The van der Waals surface area contributed by atoms with Crippen LogP contribution in [0.5, 0.6) is 0 Å². The molecule has 438 valence electrons. The maximum atomic E-state index is 15.0. The molecule has 2 heterocycles. The third-order valence-electron chi connectivity index (χ3n) is 11.7. The Bertz CT molecular complexity index is 1840. The molecular weight excluding hydrogens is 1030 g/mol. The standard InChI is InChI=1S/C49H89F2N3O19P2/c1-7-11-15-19-21-29-64-33-40(66-31-23-18-14-10-4)35-69-75(60,62-6)71-37-41(36-70-74(59,61-5)68-34-39(65-30-22-17-13-9-3)32-63-28-20-16-12-8-2)72-45(56)25-24-44(55)67-38-42-46(57)49(50,51)47(73-42)54-27-26-43(52)53-48(54)58/h26-27,39-42,46-47,57H,7-25,28-38H2,1-6H3,(H2,52,53,58)/t39?,40?,41?,42-,46-,47-,74?,75?/m1/s1. The van der Waals surface area contributed by atoms with Gasteiger partial charge < -0.3 is 44.0 Å². The molecule has 0 aliphatic carbocycles. The number of aliphatic hydroxyl groups is 1. The van der Waals surface area contributed by atoms with Gasteiger partial charge in [0.15, 0.2) is 6.10 Å². The van der Waals surface area contributed by atoms with Gasteiger partial charge in [0.1, 0.15) is 36.8 Å². The Morgan fingerprint density at radius 3 is 1.56 bits per heavy atom. The Balaban J connectivity index is 2.18. The number of phosphoric acid groups is 2. The summed E-state index contributed by atoms with van der Waals surface area (Å²) in [4.78, 5) is 41.7. The smallest absolute Gasteiger partial charge is 0.463 e. The maximum Gasteiger partial charge on any atom is 0.474 e. The summed E-state index contributed by atoms with van der Waals surface area (Å²) in [6.07, 6.45) is 7.20. The minimum atomic E-state index is -4.42. The zero-order chi connectivity index (χ0) is 55.4. The summed E-state index contributed by atoms with van der Waals surface area (Å²) in [5.74, 6) is -6.36. The number of rotatable bonds is 48. The van der Waals surface area contributed by atoms with Crippen LogP contribution in [0.25, 0.3) is 0 Å². The van der Waals surface area contributed by atoms with E-state index in [9.17, 15) is 28.6 Å².